The first kappa shape index (κ1) is 20.7. The van der Waals surface area contributed by atoms with Crippen LogP contribution in [0.15, 0.2) is 18.5 Å². The monoisotopic (exact) mass is 426 g/mol. The molecule has 0 spiro atoms. The number of likely N-dealkylation sites (tertiary alicyclic amines) is 2. The minimum Gasteiger partial charge on any atom is -0.355 e. The zero-order valence-corrected chi connectivity index (χ0v) is 18.3. The average molecular weight is 427 g/mol. The number of rotatable bonds is 6. The number of fused-ring (bicyclic) bond motifs is 1. The van der Waals surface area contributed by atoms with Crippen LogP contribution < -0.4 is 10.2 Å². The van der Waals surface area contributed by atoms with Crippen LogP contribution in [-0.2, 0) is 9.59 Å². The van der Waals surface area contributed by atoms with Crippen molar-refractivity contribution in [3.8, 4) is 0 Å². The lowest BCUT2D eigenvalue weighted by Gasteiger charge is -2.32. The molecule has 1 aliphatic carbocycles. The minimum absolute atomic E-state index is 0.171. The first-order valence-electron chi connectivity index (χ1n) is 11.9. The summed E-state index contributed by atoms with van der Waals surface area (Å²) in [5.74, 6) is 1.96. The van der Waals surface area contributed by atoms with Crippen LogP contribution in [0.3, 0.4) is 0 Å². The third-order valence-electron chi connectivity index (χ3n) is 7.62. The first-order chi connectivity index (χ1) is 15.1. The van der Waals surface area contributed by atoms with Gasteiger partial charge in [-0.05, 0) is 57.1 Å². The van der Waals surface area contributed by atoms with Crippen molar-refractivity contribution in [2.45, 2.75) is 38.5 Å². The van der Waals surface area contributed by atoms with Crippen LogP contribution in [0.5, 0.6) is 0 Å². The molecule has 4 aliphatic rings. The van der Waals surface area contributed by atoms with E-state index in [1.165, 1.54) is 12.8 Å². The van der Waals surface area contributed by atoms with Crippen LogP contribution in [0.25, 0.3) is 0 Å². The average Bonchev–Trinajstić information content (AvgIpc) is 3.36. The molecular weight excluding hydrogens is 392 g/mol. The predicted molar refractivity (Wildman–Crippen MR) is 117 cm³/mol. The van der Waals surface area contributed by atoms with Gasteiger partial charge in [-0.15, -0.1) is 0 Å². The number of nitrogens with zero attached hydrogens (tertiary/aromatic N) is 5. The highest BCUT2D eigenvalue weighted by molar-refractivity contribution is 5.85. The van der Waals surface area contributed by atoms with Crippen LogP contribution in [-0.4, -0.2) is 83.9 Å². The van der Waals surface area contributed by atoms with Gasteiger partial charge in [0.15, 0.2) is 0 Å². The number of carbonyl (C=O) groups is 2. The molecule has 1 saturated carbocycles. The fourth-order valence-electron chi connectivity index (χ4n) is 5.63. The largest absolute Gasteiger partial charge is 0.355 e. The Morgan fingerprint density at radius 2 is 1.84 bits per heavy atom. The highest BCUT2D eigenvalue weighted by Gasteiger charge is 2.53. The van der Waals surface area contributed by atoms with Gasteiger partial charge in [-0.1, -0.05) is 0 Å². The Morgan fingerprint density at radius 1 is 1.06 bits per heavy atom. The molecule has 0 bridgehead atoms. The van der Waals surface area contributed by atoms with Gasteiger partial charge in [0.05, 0.1) is 12.0 Å². The lowest BCUT2D eigenvalue weighted by Crippen LogP contribution is -2.49. The van der Waals surface area contributed by atoms with Crippen molar-refractivity contribution in [1.82, 2.24) is 25.1 Å². The highest BCUT2D eigenvalue weighted by atomic mass is 16.2. The van der Waals surface area contributed by atoms with Gasteiger partial charge in [-0.25, -0.2) is 9.97 Å². The van der Waals surface area contributed by atoms with Crippen LogP contribution in [0.2, 0.25) is 0 Å². The molecule has 0 aromatic carbocycles. The molecule has 2 amide bonds. The fourth-order valence-corrected chi connectivity index (χ4v) is 5.63. The van der Waals surface area contributed by atoms with Gasteiger partial charge < -0.3 is 15.1 Å². The number of aromatic nitrogens is 2. The maximum Gasteiger partial charge on any atom is 0.236 e. The standard InChI is InChI=1S/C23H34N6O2/c30-20(28-11-1-2-12-28)16-27-10-3-7-23(21(31)26-13-18-5-6-18)17-29(15-19(23)14-27)22-24-8-4-9-25-22/h4,8-9,18-19H,1-3,5-7,10-17H2,(H,26,31)/t19-,23+/m0/s1. The van der Waals surface area contributed by atoms with Gasteiger partial charge in [0.25, 0.3) is 0 Å². The van der Waals surface area contributed by atoms with Crippen molar-refractivity contribution in [1.29, 1.82) is 0 Å². The fraction of sp³-hybridized carbons (Fsp3) is 0.739. The normalized spacial score (nSPS) is 29.0. The molecule has 8 heteroatoms. The molecule has 4 fully saturated rings. The SMILES string of the molecule is O=C(CN1CCC[C@@]2(C(=O)NCC3CC3)CN(c3ncccn3)C[C@@H]2C1)N1CCCC1. The van der Waals surface area contributed by atoms with Gasteiger partial charge in [-0.2, -0.15) is 0 Å². The third-order valence-corrected chi connectivity index (χ3v) is 7.62. The molecule has 1 N–H and O–H groups in total. The second-order valence-corrected chi connectivity index (χ2v) is 9.86. The molecule has 31 heavy (non-hydrogen) atoms. The van der Waals surface area contributed by atoms with E-state index in [-0.39, 0.29) is 17.7 Å². The molecule has 2 atom stereocenters. The molecule has 0 unspecified atom stereocenters. The number of amides is 2. The van der Waals surface area contributed by atoms with Crippen molar-refractivity contribution < 1.29 is 9.59 Å². The Hall–Kier alpha value is -2.22. The summed E-state index contributed by atoms with van der Waals surface area (Å²) >= 11 is 0. The van der Waals surface area contributed by atoms with Gasteiger partial charge in [0.1, 0.15) is 0 Å². The lowest BCUT2D eigenvalue weighted by molar-refractivity contribution is -0.132. The van der Waals surface area contributed by atoms with E-state index in [9.17, 15) is 9.59 Å². The van der Waals surface area contributed by atoms with Crippen LogP contribution >= 0.6 is 0 Å². The molecule has 1 aromatic heterocycles. The van der Waals surface area contributed by atoms with Crippen molar-refractivity contribution in [2.75, 3.05) is 57.3 Å². The van der Waals surface area contributed by atoms with E-state index in [0.29, 0.717) is 25.0 Å². The molecule has 8 nitrogen and oxygen atoms in total. The van der Waals surface area contributed by atoms with Crippen LogP contribution in [0.4, 0.5) is 5.95 Å². The first-order valence-corrected chi connectivity index (χ1v) is 11.9. The molecule has 1 aromatic rings. The van der Waals surface area contributed by atoms with Gasteiger partial charge in [0.2, 0.25) is 17.8 Å². The maximum atomic E-state index is 13.5. The molecule has 4 heterocycles. The summed E-state index contributed by atoms with van der Waals surface area (Å²) in [5, 5.41) is 3.28. The Balaban J connectivity index is 1.33. The molecular formula is C23H34N6O2. The summed E-state index contributed by atoms with van der Waals surface area (Å²) in [6.07, 6.45) is 10.0. The molecule has 3 aliphatic heterocycles. The highest BCUT2D eigenvalue weighted by Crippen LogP contribution is 2.44. The predicted octanol–water partition coefficient (Wildman–Crippen LogP) is 1.14. The van der Waals surface area contributed by atoms with E-state index in [1.54, 1.807) is 12.4 Å². The second kappa shape index (κ2) is 8.73. The quantitative estimate of drug-likeness (QED) is 0.735. The van der Waals surface area contributed by atoms with Crippen molar-refractivity contribution in [3.63, 3.8) is 0 Å². The van der Waals surface area contributed by atoms with E-state index in [2.05, 4.69) is 25.1 Å². The summed E-state index contributed by atoms with van der Waals surface area (Å²) in [6.45, 7) is 6.13. The number of nitrogens with one attached hydrogen (secondary N) is 1. The number of hydrogen-bond acceptors (Lipinski definition) is 6. The second-order valence-electron chi connectivity index (χ2n) is 9.86. The van der Waals surface area contributed by atoms with Gasteiger partial charge >= 0.3 is 0 Å². The summed E-state index contributed by atoms with van der Waals surface area (Å²) in [6, 6.07) is 1.82. The number of carbonyl (C=O) groups excluding carboxylic acids is 2. The Labute approximate surface area is 184 Å². The Morgan fingerprint density at radius 3 is 2.58 bits per heavy atom. The zero-order valence-electron chi connectivity index (χ0n) is 18.3. The number of hydrogen-bond donors (Lipinski definition) is 1. The van der Waals surface area contributed by atoms with Crippen molar-refractivity contribution in [2.24, 2.45) is 17.3 Å². The maximum absolute atomic E-state index is 13.5. The minimum atomic E-state index is -0.431. The topological polar surface area (TPSA) is 81.7 Å². The van der Waals surface area contributed by atoms with Crippen LogP contribution in [0.1, 0.15) is 38.5 Å². The van der Waals surface area contributed by atoms with E-state index in [4.69, 9.17) is 0 Å². The van der Waals surface area contributed by atoms with E-state index in [1.807, 2.05) is 11.0 Å². The van der Waals surface area contributed by atoms with Gasteiger partial charge in [-0.3, -0.25) is 14.5 Å². The van der Waals surface area contributed by atoms with Crippen LogP contribution in [0, 0.1) is 17.3 Å². The van der Waals surface area contributed by atoms with E-state index in [0.717, 1.165) is 65.0 Å². The summed E-state index contributed by atoms with van der Waals surface area (Å²) in [5.41, 5.74) is -0.431. The van der Waals surface area contributed by atoms with Crippen molar-refractivity contribution >= 4 is 17.8 Å². The zero-order chi connectivity index (χ0) is 21.3. The Bertz CT molecular complexity index is 795. The Kier molecular flexibility index (Phi) is 5.82. The summed E-state index contributed by atoms with van der Waals surface area (Å²) < 4.78 is 0. The third kappa shape index (κ3) is 4.40. The van der Waals surface area contributed by atoms with Crippen molar-refractivity contribution in [3.05, 3.63) is 18.5 Å². The van der Waals surface area contributed by atoms with E-state index >= 15 is 0 Å². The van der Waals surface area contributed by atoms with E-state index < -0.39 is 5.41 Å². The molecule has 5 rings (SSSR count). The smallest absolute Gasteiger partial charge is 0.236 e. The van der Waals surface area contributed by atoms with Gasteiger partial charge in [0, 0.05) is 57.6 Å². The summed E-state index contributed by atoms with van der Waals surface area (Å²) in [7, 11) is 0. The molecule has 168 valence electrons. The molecule has 3 saturated heterocycles. The summed E-state index contributed by atoms with van der Waals surface area (Å²) in [4.78, 5) is 41.7. The number of anilines is 1. The lowest BCUT2D eigenvalue weighted by atomic mass is 9.74. The molecule has 0 radical (unpaired) electrons.